The molecule has 1 aliphatic rings. The van der Waals surface area contributed by atoms with Gasteiger partial charge in [-0.3, -0.25) is 4.79 Å². The Hall–Kier alpha value is -2.25. The number of piperidine rings is 1. The molecule has 0 spiro atoms. The van der Waals surface area contributed by atoms with E-state index < -0.39 is 0 Å². The number of methoxy groups -OCH3 is 1. The van der Waals surface area contributed by atoms with Crippen molar-refractivity contribution in [1.29, 1.82) is 0 Å². The van der Waals surface area contributed by atoms with E-state index in [4.69, 9.17) is 4.74 Å². The van der Waals surface area contributed by atoms with Crippen molar-refractivity contribution in [2.45, 2.75) is 19.8 Å². The van der Waals surface area contributed by atoms with Crippen molar-refractivity contribution in [2.24, 2.45) is 5.41 Å². The van der Waals surface area contributed by atoms with Crippen molar-refractivity contribution in [3.8, 4) is 5.69 Å². The molecule has 0 unspecified atom stereocenters. The van der Waals surface area contributed by atoms with E-state index in [0.717, 1.165) is 37.2 Å². The topological polar surface area (TPSA) is 81.1 Å². The van der Waals surface area contributed by atoms with E-state index in [0.29, 0.717) is 18.7 Å². The largest absolute Gasteiger partial charge is 0.384 e. The molecule has 7 heteroatoms. The fourth-order valence-electron chi connectivity index (χ4n) is 3.39. The quantitative estimate of drug-likeness (QED) is 0.827. The molecule has 3 rings (SSSR count). The molecular formula is C18H25N5O2. The van der Waals surface area contributed by atoms with Gasteiger partial charge < -0.3 is 15.4 Å². The molecule has 2 aromatic rings. The highest BCUT2D eigenvalue weighted by Crippen LogP contribution is 2.28. The van der Waals surface area contributed by atoms with Crippen LogP contribution in [0.2, 0.25) is 0 Å². The van der Waals surface area contributed by atoms with Crippen LogP contribution in [0.3, 0.4) is 0 Å². The van der Waals surface area contributed by atoms with Gasteiger partial charge in [-0.25, -0.2) is 9.67 Å². The first-order valence-corrected chi connectivity index (χ1v) is 8.57. The molecule has 0 aliphatic carbocycles. The summed E-state index contributed by atoms with van der Waals surface area (Å²) in [6, 6.07) is 5.61. The molecule has 1 saturated heterocycles. The molecule has 2 heterocycles. The summed E-state index contributed by atoms with van der Waals surface area (Å²) in [5, 5.41) is 10.6. The molecular weight excluding hydrogens is 318 g/mol. The molecule has 2 N–H and O–H groups in total. The van der Waals surface area contributed by atoms with Crippen LogP contribution >= 0.6 is 0 Å². The third-order valence-corrected chi connectivity index (χ3v) is 4.86. The SMILES string of the molecule is COCC1(CNC(=O)c2ccc(-n3cncn3)c(C)c2)CCNCC1. The maximum Gasteiger partial charge on any atom is 0.251 e. The van der Waals surface area contributed by atoms with Crippen molar-refractivity contribution >= 4 is 5.91 Å². The van der Waals surface area contributed by atoms with Gasteiger partial charge in [0.15, 0.2) is 0 Å². The first-order chi connectivity index (χ1) is 12.1. The van der Waals surface area contributed by atoms with E-state index in [1.165, 1.54) is 6.33 Å². The predicted molar refractivity (Wildman–Crippen MR) is 94.8 cm³/mol. The maximum atomic E-state index is 12.6. The number of aryl methyl sites for hydroxylation is 1. The number of nitrogens with zero attached hydrogens (tertiary/aromatic N) is 3. The first-order valence-electron chi connectivity index (χ1n) is 8.57. The van der Waals surface area contributed by atoms with Gasteiger partial charge in [0.25, 0.3) is 5.91 Å². The molecule has 1 aromatic carbocycles. The lowest BCUT2D eigenvalue weighted by Crippen LogP contribution is -2.47. The van der Waals surface area contributed by atoms with E-state index >= 15 is 0 Å². The Balaban J connectivity index is 1.67. The molecule has 7 nitrogen and oxygen atoms in total. The number of benzene rings is 1. The first kappa shape index (κ1) is 17.6. The molecule has 0 atom stereocenters. The smallest absolute Gasteiger partial charge is 0.251 e. The summed E-state index contributed by atoms with van der Waals surface area (Å²) in [4.78, 5) is 16.5. The zero-order valence-electron chi connectivity index (χ0n) is 14.8. The van der Waals surface area contributed by atoms with E-state index in [9.17, 15) is 4.79 Å². The molecule has 1 fully saturated rings. The molecule has 1 amide bonds. The van der Waals surface area contributed by atoms with Crippen molar-refractivity contribution in [3.05, 3.63) is 42.0 Å². The van der Waals surface area contributed by atoms with Crippen molar-refractivity contribution in [3.63, 3.8) is 0 Å². The summed E-state index contributed by atoms with van der Waals surface area (Å²) in [7, 11) is 1.72. The van der Waals surface area contributed by atoms with Gasteiger partial charge in [0.1, 0.15) is 12.7 Å². The fourth-order valence-corrected chi connectivity index (χ4v) is 3.39. The molecule has 1 aromatic heterocycles. The van der Waals surface area contributed by atoms with Crippen molar-refractivity contribution in [1.82, 2.24) is 25.4 Å². The van der Waals surface area contributed by atoms with Gasteiger partial charge >= 0.3 is 0 Å². The Morgan fingerprint density at radius 3 is 2.84 bits per heavy atom. The van der Waals surface area contributed by atoms with Crippen LogP contribution in [0, 0.1) is 12.3 Å². The maximum absolute atomic E-state index is 12.6. The predicted octanol–water partition coefficient (Wildman–Crippen LogP) is 1.32. The number of amides is 1. The highest BCUT2D eigenvalue weighted by atomic mass is 16.5. The van der Waals surface area contributed by atoms with Crippen LogP contribution in [0.25, 0.3) is 5.69 Å². The van der Waals surface area contributed by atoms with Crippen molar-refractivity contribution in [2.75, 3.05) is 33.4 Å². The Kier molecular flexibility index (Phi) is 5.45. The van der Waals surface area contributed by atoms with Crippen LogP contribution in [0.4, 0.5) is 0 Å². The lowest BCUT2D eigenvalue weighted by molar-refractivity contribution is 0.0511. The summed E-state index contributed by atoms with van der Waals surface area (Å²) in [6.45, 7) is 5.19. The third-order valence-electron chi connectivity index (χ3n) is 4.86. The normalized spacial score (nSPS) is 16.6. The molecule has 0 bridgehead atoms. The second-order valence-electron chi connectivity index (χ2n) is 6.71. The third kappa shape index (κ3) is 4.05. The molecule has 134 valence electrons. The summed E-state index contributed by atoms with van der Waals surface area (Å²) >= 11 is 0. The van der Waals surface area contributed by atoms with E-state index in [-0.39, 0.29) is 11.3 Å². The van der Waals surface area contributed by atoms with Gasteiger partial charge in [-0.1, -0.05) is 0 Å². The minimum Gasteiger partial charge on any atom is -0.384 e. The molecule has 1 aliphatic heterocycles. The second kappa shape index (κ2) is 7.76. The van der Waals surface area contributed by atoms with E-state index in [1.54, 1.807) is 18.1 Å². The summed E-state index contributed by atoms with van der Waals surface area (Å²) in [6.07, 6.45) is 5.15. The monoisotopic (exact) mass is 343 g/mol. The second-order valence-corrected chi connectivity index (χ2v) is 6.71. The Bertz CT molecular complexity index is 703. The Morgan fingerprint density at radius 1 is 1.40 bits per heavy atom. The van der Waals surface area contributed by atoms with Gasteiger partial charge in [0.2, 0.25) is 0 Å². The van der Waals surface area contributed by atoms with Crippen LogP contribution in [0.15, 0.2) is 30.9 Å². The van der Waals surface area contributed by atoms with Crippen LogP contribution in [-0.4, -0.2) is 54.0 Å². The van der Waals surface area contributed by atoms with Crippen LogP contribution in [0.5, 0.6) is 0 Å². The van der Waals surface area contributed by atoms with Gasteiger partial charge in [-0.15, -0.1) is 0 Å². The summed E-state index contributed by atoms with van der Waals surface area (Å²) in [5.74, 6) is -0.0535. The zero-order valence-corrected chi connectivity index (χ0v) is 14.8. The van der Waals surface area contributed by atoms with Gasteiger partial charge in [-0.2, -0.15) is 5.10 Å². The Morgan fingerprint density at radius 2 is 2.20 bits per heavy atom. The number of hydrogen-bond acceptors (Lipinski definition) is 5. The number of ether oxygens (including phenoxy) is 1. The number of rotatable bonds is 6. The average molecular weight is 343 g/mol. The lowest BCUT2D eigenvalue weighted by atomic mass is 9.79. The number of carbonyl (C=O) groups excluding carboxylic acids is 1. The van der Waals surface area contributed by atoms with Crippen molar-refractivity contribution < 1.29 is 9.53 Å². The van der Waals surface area contributed by atoms with Crippen LogP contribution < -0.4 is 10.6 Å². The summed E-state index contributed by atoms with van der Waals surface area (Å²) < 4.78 is 7.10. The van der Waals surface area contributed by atoms with Gasteiger partial charge in [0.05, 0.1) is 12.3 Å². The van der Waals surface area contributed by atoms with Crippen LogP contribution in [-0.2, 0) is 4.74 Å². The zero-order chi connectivity index (χ0) is 17.7. The molecule has 0 radical (unpaired) electrons. The average Bonchev–Trinajstić information content (AvgIpc) is 3.15. The summed E-state index contributed by atoms with van der Waals surface area (Å²) in [5.41, 5.74) is 2.57. The number of hydrogen-bond donors (Lipinski definition) is 2. The highest BCUT2D eigenvalue weighted by Gasteiger charge is 2.32. The fraction of sp³-hybridized carbons (Fsp3) is 0.500. The Labute approximate surface area is 147 Å². The number of aromatic nitrogens is 3. The van der Waals surface area contributed by atoms with Gasteiger partial charge in [-0.05, 0) is 56.6 Å². The van der Waals surface area contributed by atoms with E-state index in [1.807, 2.05) is 25.1 Å². The highest BCUT2D eigenvalue weighted by molar-refractivity contribution is 5.94. The van der Waals surface area contributed by atoms with E-state index in [2.05, 4.69) is 20.7 Å². The molecule has 25 heavy (non-hydrogen) atoms. The molecule has 0 saturated carbocycles. The lowest BCUT2D eigenvalue weighted by Gasteiger charge is -2.37. The minimum atomic E-state index is -0.0535. The number of nitrogens with one attached hydrogen (secondary N) is 2. The van der Waals surface area contributed by atoms with Crippen LogP contribution in [0.1, 0.15) is 28.8 Å². The van der Waals surface area contributed by atoms with Gasteiger partial charge in [0, 0.05) is 24.6 Å². The number of carbonyl (C=O) groups is 1. The standard InChI is InChI=1S/C18H25N5O2/c1-14-9-15(3-4-16(14)23-13-20-12-22-23)17(24)21-10-18(11-25-2)5-7-19-8-6-18/h3-4,9,12-13,19H,5-8,10-11H2,1-2H3,(H,21,24). The minimum absolute atomic E-state index is 0.0192.